The number of carbonyl (C=O) groups excluding carboxylic acids is 1. The Balaban J connectivity index is 2.00. The summed E-state index contributed by atoms with van der Waals surface area (Å²) in [5.41, 5.74) is -4.07. The van der Waals surface area contributed by atoms with E-state index < -0.39 is 11.3 Å². The number of fused-ring (bicyclic) bond motifs is 1. The Morgan fingerprint density at radius 3 is 2.54 bits per heavy atom. The zero-order valence-corrected chi connectivity index (χ0v) is 13.5. The third-order valence-corrected chi connectivity index (χ3v) is 4.41. The number of rotatable bonds is 3. The van der Waals surface area contributed by atoms with Crippen molar-refractivity contribution in [2.24, 2.45) is 0 Å². The average Bonchev–Trinajstić information content (AvgIpc) is 2.82. The van der Waals surface area contributed by atoms with Crippen molar-refractivity contribution in [2.75, 3.05) is 0 Å². The number of ketones is 1. The first-order chi connectivity index (χ1) is 11.2. The fourth-order valence-corrected chi connectivity index (χ4v) is 3.48. The largest absolute Gasteiger partial charge is 0.457 e. The molecular formula is C16H9ClF4O2S. The summed E-state index contributed by atoms with van der Waals surface area (Å²) in [6.07, 6.45) is 0.393. The molecule has 2 nitrogen and oxygen atoms in total. The summed E-state index contributed by atoms with van der Waals surface area (Å²) >= 11 is 5.42. The molecule has 126 valence electrons. The topological polar surface area (TPSA) is 26.3 Å². The van der Waals surface area contributed by atoms with Crippen LogP contribution in [-0.4, -0.2) is 11.3 Å². The van der Waals surface area contributed by atoms with Gasteiger partial charge in [0.05, 0.1) is 0 Å². The minimum Gasteiger partial charge on any atom is -0.457 e. The molecule has 0 aliphatic heterocycles. The predicted molar refractivity (Wildman–Crippen MR) is 82.5 cm³/mol. The van der Waals surface area contributed by atoms with Gasteiger partial charge in [-0.2, -0.15) is 13.2 Å². The SMILES string of the molecule is O=C1CCc2c(Oc3cc(F)cc(Cl)c3)ccc(SC(F)(F)F)c21. The van der Waals surface area contributed by atoms with Gasteiger partial charge in [-0.3, -0.25) is 4.79 Å². The van der Waals surface area contributed by atoms with E-state index >= 15 is 0 Å². The van der Waals surface area contributed by atoms with Crippen LogP contribution in [0.15, 0.2) is 35.2 Å². The van der Waals surface area contributed by atoms with E-state index in [1.165, 1.54) is 18.2 Å². The van der Waals surface area contributed by atoms with Crippen molar-refractivity contribution in [2.45, 2.75) is 23.2 Å². The van der Waals surface area contributed by atoms with Gasteiger partial charge >= 0.3 is 5.51 Å². The fourth-order valence-electron chi connectivity index (χ4n) is 2.54. The third-order valence-electron chi connectivity index (χ3n) is 3.40. The number of alkyl halides is 3. The van der Waals surface area contributed by atoms with Gasteiger partial charge < -0.3 is 4.74 Å². The molecule has 0 amide bonds. The van der Waals surface area contributed by atoms with E-state index in [4.69, 9.17) is 16.3 Å². The van der Waals surface area contributed by atoms with Crippen LogP contribution in [0.3, 0.4) is 0 Å². The van der Waals surface area contributed by atoms with E-state index in [0.29, 0.717) is 5.56 Å². The van der Waals surface area contributed by atoms with Crippen LogP contribution in [0.1, 0.15) is 22.3 Å². The van der Waals surface area contributed by atoms with Gasteiger partial charge in [0, 0.05) is 33.5 Å². The van der Waals surface area contributed by atoms with Crippen LogP contribution in [0.5, 0.6) is 11.5 Å². The Bertz CT molecular complexity index is 800. The molecule has 0 unspecified atom stereocenters. The molecule has 0 spiro atoms. The smallest absolute Gasteiger partial charge is 0.446 e. The summed E-state index contributed by atoms with van der Waals surface area (Å²) < 4.78 is 56.8. The quantitative estimate of drug-likeness (QED) is 0.484. The summed E-state index contributed by atoms with van der Waals surface area (Å²) in [6, 6.07) is 6.13. The Morgan fingerprint density at radius 1 is 1.12 bits per heavy atom. The summed E-state index contributed by atoms with van der Waals surface area (Å²) in [6.45, 7) is 0. The standard InChI is InChI=1S/C16H9ClF4O2S/c17-8-5-9(18)7-10(6-8)23-13-3-4-14(24-16(19,20)21)15-11(13)1-2-12(15)22/h3-7H,1-2H2. The molecule has 1 aliphatic carbocycles. The molecular weight excluding hydrogens is 368 g/mol. The number of benzene rings is 2. The molecule has 0 saturated heterocycles. The van der Waals surface area contributed by atoms with Crippen LogP contribution < -0.4 is 4.74 Å². The summed E-state index contributed by atoms with van der Waals surface area (Å²) in [7, 11) is 0. The third kappa shape index (κ3) is 3.67. The number of carbonyl (C=O) groups is 1. The minimum absolute atomic E-state index is 0.0253. The lowest BCUT2D eigenvalue weighted by atomic mass is 10.1. The monoisotopic (exact) mass is 376 g/mol. The molecule has 0 heterocycles. The highest BCUT2D eigenvalue weighted by atomic mass is 35.5. The second-order valence-electron chi connectivity index (χ2n) is 5.09. The van der Waals surface area contributed by atoms with E-state index in [0.717, 1.165) is 12.1 Å². The van der Waals surface area contributed by atoms with Crippen molar-refractivity contribution >= 4 is 29.1 Å². The molecule has 8 heteroatoms. The number of hydrogen-bond donors (Lipinski definition) is 0. The summed E-state index contributed by atoms with van der Waals surface area (Å²) in [5.74, 6) is -0.629. The highest BCUT2D eigenvalue weighted by Crippen LogP contribution is 2.44. The van der Waals surface area contributed by atoms with Gasteiger partial charge in [0.2, 0.25) is 0 Å². The van der Waals surface area contributed by atoms with Crippen LogP contribution in [0.4, 0.5) is 17.6 Å². The van der Waals surface area contributed by atoms with Crippen molar-refractivity contribution in [1.82, 2.24) is 0 Å². The molecule has 0 fully saturated rings. The fraction of sp³-hybridized carbons (Fsp3) is 0.188. The zero-order chi connectivity index (χ0) is 17.5. The Labute approximate surface area is 143 Å². The van der Waals surface area contributed by atoms with Crippen LogP contribution >= 0.6 is 23.4 Å². The number of halogens is 5. The van der Waals surface area contributed by atoms with Crippen LogP contribution in [0.25, 0.3) is 0 Å². The van der Waals surface area contributed by atoms with Crippen LogP contribution in [0, 0.1) is 5.82 Å². The lowest BCUT2D eigenvalue weighted by Gasteiger charge is -2.14. The van der Waals surface area contributed by atoms with Gasteiger partial charge in [0.25, 0.3) is 0 Å². The average molecular weight is 377 g/mol. The number of hydrogen-bond acceptors (Lipinski definition) is 3. The molecule has 3 rings (SSSR count). The van der Waals surface area contributed by atoms with Gasteiger partial charge in [-0.1, -0.05) is 11.6 Å². The van der Waals surface area contributed by atoms with E-state index in [2.05, 4.69) is 0 Å². The Kier molecular flexibility index (Phi) is 4.48. The van der Waals surface area contributed by atoms with E-state index in [1.54, 1.807) is 0 Å². The van der Waals surface area contributed by atoms with Gasteiger partial charge in [-0.05, 0) is 42.4 Å². The van der Waals surface area contributed by atoms with Crippen LogP contribution in [0.2, 0.25) is 5.02 Å². The maximum absolute atomic E-state index is 13.4. The molecule has 0 saturated carbocycles. The first-order valence-corrected chi connectivity index (χ1v) is 8.01. The molecule has 0 radical (unpaired) electrons. The molecule has 24 heavy (non-hydrogen) atoms. The van der Waals surface area contributed by atoms with Crippen molar-refractivity contribution < 1.29 is 27.1 Å². The van der Waals surface area contributed by atoms with Crippen molar-refractivity contribution in [3.05, 3.63) is 52.3 Å². The second kappa shape index (κ2) is 6.29. The number of ether oxygens (including phenoxy) is 1. The second-order valence-corrected chi connectivity index (χ2v) is 6.64. The summed E-state index contributed by atoms with van der Waals surface area (Å²) in [5, 5.41) is 0.127. The van der Waals surface area contributed by atoms with Crippen molar-refractivity contribution in [3.63, 3.8) is 0 Å². The molecule has 1 aliphatic rings. The lowest BCUT2D eigenvalue weighted by molar-refractivity contribution is -0.0328. The maximum Gasteiger partial charge on any atom is 0.446 e. The summed E-state index contributed by atoms with van der Waals surface area (Å²) in [4.78, 5) is 11.8. The highest BCUT2D eigenvalue weighted by Gasteiger charge is 2.34. The first kappa shape index (κ1) is 17.1. The lowest BCUT2D eigenvalue weighted by Crippen LogP contribution is -2.04. The van der Waals surface area contributed by atoms with Gasteiger partial charge in [0.1, 0.15) is 17.3 Å². The zero-order valence-electron chi connectivity index (χ0n) is 11.9. The van der Waals surface area contributed by atoms with Crippen LogP contribution in [-0.2, 0) is 6.42 Å². The van der Waals surface area contributed by atoms with E-state index in [-0.39, 0.29) is 57.4 Å². The predicted octanol–water partition coefficient (Wildman–Crippen LogP) is 6.01. The Morgan fingerprint density at radius 2 is 1.88 bits per heavy atom. The molecule has 2 aromatic rings. The molecule has 0 bridgehead atoms. The van der Waals surface area contributed by atoms with E-state index in [9.17, 15) is 22.4 Å². The maximum atomic E-state index is 13.4. The van der Waals surface area contributed by atoms with E-state index in [1.807, 2.05) is 0 Å². The molecule has 0 N–H and O–H groups in total. The number of Topliss-reactive ketones (excluding diaryl/α,β-unsaturated/α-hetero) is 1. The molecule has 0 aromatic heterocycles. The normalized spacial score (nSPS) is 14.0. The Hall–Kier alpha value is -1.73. The number of thioether (sulfide) groups is 1. The van der Waals surface area contributed by atoms with Gasteiger partial charge in [-0.25, -0.2) is 4.39 Å². The first-order valence-electron chi connectivity index (χ1n) is 6.82. The minimum atomic E-state index is -4.49. The highest BCUT2D eigenvalue weighted by molar-refractivity contribution is 8.00. The van der Waals surface area contributed by atoms with Crippen molar-refractivity contribution in [3.8, 4) is 11.5 Å². The van der Waals surface area contributed by atoms with Gasteiger partial charge in [0.15, 0.2) is 5.78 Å². The van der Waals surface area contributed by atoms with Gasteiger partial charge in [-0.15, -0.1) is 0 Å². The van der Waals surface area contributed by atoms with Crippen molar-refractivity contribution in [1.29, 1.82) is 0 Å². The molecule has 0 atom stereocenters. The molecule has 2 aromatic carbocycles.